The van der Waals surface area contributed by atoms with E-state index in [9.17, 15) is 0 Å². The summed E-state index contributed by atoms with van der Waals surface area (Å²) in [5.41, 5.74) is 5.17. The van der Waals surface area contributed by atoms with Gasteiger partial charge in [-0.3, -0.25) is 0 Å². The average molecular weight is 169 g/mol. The number of hydrogen-bond acceptors (Lipinski definition) is 0. The van der Waals surface area contributed by atoms with Crippen LogP contribution in [0.25, 0.3) is 0 Å². The number of allylic oxidation sites excluding steroid dienone is 2. The van der Waals surface area contributed by atoms with Gasteiger partial charge in [0.05, 0.1) is 0 Å². The standard InChI is InChI=1S/C6H6.Zr/c1-3-5-6-4-2;/h1-2H3;/q-2;+2. The van der Waals surface area contributed by atoms with E-state index in [4.69, 9.17) is 0 Å². The summed E-state index contributed by atoms with van der Waals surface area (Å²) in [5.74, 6) is 0. The van der Waals surface area contributed by atoms with E-state index in [1.165, 1.54) is 0 Å². The van der Waals surface area contributed by atoms with Gasteiger partial charge in [0.1, 0.15) is 0 Å². The van der Waals surface area contributed by atoms with Crippen LogP contribution in [0.1, 0.15) is 13.8 Å². The molecule has 0 unspecified atom stereocenters. The summed E-state index contributed by atoms with van der Waals surface area (Å²) in [4.78, 5) is 0. The van der Waals surface area contributed by atoms with Crippen LogP contribution in [0.3, 0.4) is 0 Å². The first-order chi connectivity index (χ1) is 2.91. The van der Waals surface area contributed by atoms with E-state index >= 15 is 0 Å². The molecule has 34 valence electrons. The molecule has 1 heteroatoms. The van der Waals surface area contributed by atoms with Crippen molar-refractivity contribution >= 4 is 0 Å². The molecule has 0 aliphatic carbocycles. The van der Waals surface area contributed by atoms with Gasteiger partial charge in [-0.2, -0.15) is 0 Å². The summed E-state index contributed by atoms with van der Waals surface area (Å²) in [5, 5.41) is 0. The third-order valence-electron chi connectivity index (χ3n) is 0.312. The predicted molar refractivity (Wildman–Crippen MR) is 24.9 cm³/mol. The average Bonchev–Trinajstić information content (AvgIpc) is 1.61. The van der Waals surface area contributed by atoms with Crippen LogP contribution in [-0.2, 0) is 26.2 Å². The number of hydrogen-bond donors (Lipinski definition) is 0. The molecule has 0 aromatic rings. The quantitative estimate of drug-likeness (QED) is 0.381. The molecule has 0 aliphatic heterocycles. The van der Waals surface area contributed by atoms with Gasteiger partial charge in [0.15, 0.2) is 0 Å². The summed E-state index contributed by atoms with van der Waals surface area (Å²) < 4.78 is 0. The van der Waals surface area contributed by atoms with Crippen LogP contribution in [0.4, 0.5) is 0 Å². The minimum atomic E-state index is 0. The summed E-state index contributed by atoms with van der Waals surface area (Å²) in [7, 11) is 0. The van der Waals surface area contributed by atoms with E-state index in [-0.39, 0.29) is 26.2 Å². The van der Waals surface area contributed by atoms with Crippen LogP contribution in [0.15, 0.2) is 11.5 Å². The molecule has 0 radical (unpaired) electrons. The minimum Gasteiger partial charge on any atom is -0.534 e. The zero-order chi connectivity index (χ0) is 4.83. The maximum absolute atomic E-state index is 2.64. The minimum absolute atomic E-state index is 0. The van der Waals surface area contributed by atoms with Crippen molar-refractivity contribution in [3.63, 3.8) is 0 Å². The molecular weight excluding hydrogens is 163 g/mol. The van der Waals surface area contributed by atoms with Gasteiger partial charge in [0, 0.05) is 0 Å². The van der Waals surface area contributed by atoms with E-state index in [0.29, 0.717) is 0 Å². The zero-order valence-corrected chi connectivity index (χ0v) is 6.96. The Labute approximate surface area is 63.7 Å². The maximum Gasteiger partial charge on any atom is 2.00 e. The van der Waals surface area contributed by atoms with Gasteiger partial charge in [-0.15, -0.1) is 13.8 Å². The molecule has 0 N–H and O–H groups in total. The van der Waals surface area contributed by atoms with Crippen LogP contribution in [0, 0.1) is 12.2 Å². The molecule has 0 atom stereocenters. The van der Waals surface area contributed by atoms with E-state index < -0.39 is 0 Å². The monoisotopic (exact) mass is 168 g/mol. The fourth-order valence-corrected chi connectivity index (χ4v) is 0.125. The first kappa shape index (κ1) is 10.2. The van der Waals surface area contributed by atoms with E-state index in [2.05, 4.69) is 23.6 Å². The summed E-state index contributed by atoms with van der Waals surface area (Å²) in [6.45, 7) is 3.54. The van der Waals surface area contributed by atoms with Crippen LogP contribution >= 0.6 is 0 Å². The number of rotatable bonds is 0. The van der Waals surface area contributed by atoms with Gasteiger partial charge in [0.25, 0.3) is 0 Å². The molecule has 0 aliphatic rings. The van der Waals surface area contributed by atoms with Crippen LogP contribution < -0.4 is 0 Å². The fraction of sp³-hybridized carbons (Fsp3) is 0.333. The molecule has 0 aromatic carbocycles. The summed E-state index contributed by atoms with van der Waals surface area (Å²) >= 11 is 0. The van der Waals surface area contributed by atoms with Crippen molar-refractivity contribution in [1.29, 1.82) is 0 Å². The molecule has 0 heterocycles. The Morgan fingerprint density at radius 1 is 1.00 bits per heavy atom. The van der Waals surface area contributed by atoms with E-state index in [1.807, 2.05) is 0 Å². The Kier molecular flexibility index (Phi) is 13.9. The molecule has 0 bridgehead atoms. The Balaban J connectivity index is 0. The smallest absolute Gasteiger partial charge is 0.534 e. The zero-order valence-electron chi connectivity index (χ0n) is 4.50. The Morgan fingerprint density at radius 3 is 1.43 bits per heavy atom. The van der Waals surface area contributed by atoms with E-state index in [0.717, 1.165) is 0 Å². The Morgan fingerprint density at radius 2 is 1.29 bits per heavy atom. The second-order valence-electron chi connectivity index (χ2n) is 0.750. The van der Waals surface area contributed by atoms with Gasteiger partial charge in [-0.25, -0.2) is 0 Å². The maximum atomic E-state index is 2.64. The molecule has 0 saturated heterocycles. The molecule has 0 nitrogen and oxygen atoms in total. The second kappa shape index (κ2) is 9.49. The first-order valence-electron chi connectivity index (χ1n) is 1.75. The van der Waals surface area contributed by atoms with Crippen LogP contribution in [0.2, 0.25) is 0 Å². The molecule has 0 amide bonds. The molecule has 0 rings (SSSR count). The SMILES string of the molecule is C[C-]=C=C=[C-]C.[Zr+2]. The largest absolute Gasteiger partial charge is 2.00 e. The van der Waals surface area contributed by atoms with Gasteiger partial charge in [0.2, 0.25) is 0 Å². The van der Waals surface area contributed by atoms with Gasteiger partial charge < -0.3 is 23.6 Å². The van der Waals surface area contributed by atoms with Crippen molar-refractivity contribution in [2.75, 3.05) is 0 Å². The van der Waals surface area contributed by atoms with Gasteiger partial charge in [-0.05, 0) is 0 Å². The Hall–Kier alpha value is 0.183. The topological polar surface area (TPSA) is 0 Å². The van der Waals surface area contributed by atoms with Crippen molar-refractivity contribution in [2.24, 2.45) is 0 Å². The van der Waals surface area contributed by atoms with Crippen molar-refractivity contribution in [2.45, 2.75) is 13.8 Å². The Bertz CT molecular complexity index is 87.3. The van der Waals surface area contributed by atoms with Crippen LogP contribution in [0.5, 0.6) is 0 Å². The van der Waals surface area contributed by atoms with Crippen molar-refractivity contribution in [3.05, 3.63) is 23.6 Å². The molecule has 7 heavy (non-hydrogen) atoms. The third kappa shape index (κ3) is 10.7. The summed E-state index contributed by atoms with van der Waals surface area (Å²) in [6, 6.07) is 0. The molecule has 0 saturated carbocycles. The molecule has 0 aromatic heterocycles. The van der Waals surface area contributed by atoms with Gasteiger partial charge in [-0.1, -0.05) is 0 Å². The van der Waals surface area contributed by atoms with Crippen molar-refractivity contribution in [1.82, 2.24) is 0 Å². The fourth-order valence-electron chi connectivity index (χ4n) is 0.125. The molecule has 0 fully saturated rings. The van der Waals surface area contributed by atoms with Crippen molar-refractivity contribution < 1.29 is 26.2 Å². The second-order valence-corrected chi connectivity index (χ2v) is 0.750. The van der Waals surface area contributed by atoms with Crippen LogP contribution in [-0.4, -0.2) is 0 Å². The van der Waals surface area contributed by atoms with E-state index in [1.54, 1.807) is 13.8 Å². The van der Waals surface area contributed by atoms with Crippen molar-refractivity contribution in [3.8, 4) is 0 Å². The third-order valence-corrected chi connectivity index (χ3v) is 0.312. The molecule has 0 spiro atoms. The summed E-state index contributed by atoms with van der Waals surface area (Å²) in [6.07, 6.45) is 5.29. The predicted octanol–water partition coefficient (Wildman–Crippen LogP) is 1.50. The molecular formula is C6H6Zr. The normalized spacial score (nSPS) is 4.29. The first-order valence-corrected chi connectivity index (χ1v) is 1.75. The van der Waals surface area contributed by atoms with Gasteiger partial charge >= 0.3 is 26.2 Å².